The molecule has 1 spiro atoms. The fraction of sp³-hybridized carbons (Fsp3) is 0.433. The minimum atomic E-state index is -0.338. The summed E-state index contributed by atoms with van der Waals surface area (Å²) in [5.41, 5.74) is 5.84. The summed E-state index contributed by atoms with van der Waals surface area (Å²) < 4.78 is 23.7. The Morgan fingerprint density at radius 2 is 1.74 bits per heavy atom. The number of aromatic amines is 1. The molecule has 0 unspecified atom stereocenters. The summed E-state index contributed by atoms with van der Waals surface area (Å²) in [5.74, 6) is 1.33. The monoisotopic (exact) mass is 515 g/mol. The predicted molar refractivity (Wildman–Crippen MR) is 145 cm³/mol. The van der Waals surface area contributed by atoms with Gasteiger partial charge in [0, 0.05) is 67.0 Å². The Kier molecular flexibility index (Phi) is 6.11. The number of nitrogens with one attached hydrogen (secondary N) is 2. The van der Waals surface area contributed by atoms with Crippen LogP contribution in [0.2, 0.25) is 0 Å². The van der Waals surface area contributed by atoms with Gasteiger partial charge in [0.05, 0.1) is 32.1 Å². The molecule has 2 N–H and O–H groups in total. The second kappa shape index (κ2) is 9.76. The number of anilines is 2. The first-order valence-corrected chi connectivity index (χ1v) is 13.7. The van der Waals surface area contributed by atoms with E-state index >= 15 is 0 Å². The summed E-state index contributed by atoms with van der Waals surface area (Å²) in [6.45, 7) is 4.32. The molecule has 3 aliphatic heterocycles. The highest BCUT2D eigenvalue weighted by molar-refractivity contribution is 5.74. The van der Waals surface area contributed by atoms with E-state index in [4.69, 9.17) is 18.9 Å². The Balaban J connectivity index is 1.10. The standard InChI is InChI=1S/C30H33N3O5/c34-28-19-24(33-10-12-35-13-11-33)18-26(32-28)25-3-1-2-20-16-21-17-23(4-5-27(21)38-29(20)25)31-22-6-8-30(9-7-22)36-14-15-37-30/h1-5,17-19,22,31H,6-16H2,(H,32,34). The summed E-state index contributed by atoms with van der Waals surface area (Å²) in [6, 6.07) is 16.6. The smallest absolute Gasteiger partial charge is 0.250 e. The molecule has 7 rings (SSSR count). The maximum atomic E-state index is 12.6. The molecule has 1 aliphatic carbocycles. The van der Waals surface area contributed by atoms with E-state index in [1.165, 1.54) is 0 Å². The Hall–Kier alpha value is -3.33. The lowest BCUT2D eigenvalue weighted by Gasteiger charge is -2.36. The molecule has 0 bridgehead atoms. The molecule has 38 heavy (non-hydrogen) atoms. The highest BCUT2D eigenvalue weighted by Crippen LogP contribution is 2.44. The Labute approximate surface area is 221 Å². The quantitative estimate of drug-likeness (QED) is 0.409. The highest BCUT2D eigenvalue weighted by Gasteiger charge is 2.40. The van der Waals surface area contributed by atoms with Crippen LogP contribution in [0.4, 0.5) is 11.4 Å². The number of ether oxygens (including phenoxy) is 4. The minimum Gasteiger partial charge on any atom is -0.456 e. The number of rotatable bonds is 4. The SMILES string of the molecule is O=c1cc(N2CCOCC2)cc(-c2cccc3c2Oc2ccc(NC4CCC5(CC4)OCCO5)cc2C3)[nH]1. The summed E-state index contributed by atoms with van der Waals surface area (Å²) in [4.78, 5) is 17.8. The number of nitrogens with zero attached hydrogens (tertiary/aromatic N) is 1. The summed E-state index contributed by atoms with van der Waals surface area (Å²) in [7, 11) is 0. The summed E-state index contributed by atoms with van der Waals surface area (Å²) >= 11 is 0. The topological polar surface area (TPSA) is 85.1 Å². The van der Waals surface area contributed by atoms with Gasteiger partial charge in [0.25, 0.3) is 0 Å². The molecule has 4 heterocycles. The number of pyridine rings is 1. The molecule has 8 heteroatoms. The lowest BCUT2D eigenvalue weighted by Crippen LogP contribution is -2.39. The van der Waals surface area contributed by atoms with Crippen LogP contribution < -0.4 is 20.5 Å². The van der Waals surface area contributed by atoms with Crippen molar-refractivity contribution in [1.29, 1.82) is 0 Å². The maximum Gasteiger partial charge on any atom is 0.250 e. The molecule has 2 aromatic carbocycles. The second-order valence-corrected chi connectivity index (χ2v) is 10.6. The number of fused-ring (bicyclic) bond motifs is 2. The normalized spacial score (nSPS) is 20.6. The molecule has 1 aromatic heterocycles. The molecule has 0 radical (unpaired) electrons. The van der Waals surface area contributed by atoms with Gasteiger partial charge in [0.15, 0.2) is 5.79 Å². The fourth-order valence-corrected chi connectivity index (χ4v) is 6.18. The van der Waals surface area contributed by atoms with Crippen LogP contribution in [0.3, 0.4) is 0 Å². The van der Waals surface area contributed by atoms with Crippen molar-refractivity contribution in [2.24, 2.45) is 0 Å². The van der Waals surface area contributed by atoms with Crippen molar-refractivity contribution in [3.05, 3.63) is 70.0 Å². The highest BCUT2D eigenvalue weighted by atomic mass is 16.7. The van der Waals surface area contributed by atoms with Gasteiger partial charge in [0.2, 0.25) is 5.56 Å². The van der Waals surface area contributed by atoms with E-state index in [2.05, 4.69) is 39.5 Å². The van der Waals surface area contributed by atoms with E-state index in [1.54, 1.807) is 6.07 Å². The van der Waals surface area contributed by atoms with Crippen molar-refractivity contribution in [3.8, 4) is 22.8 Å². The van der Waals surface area contributed by atoms with Crippen LogP contribution in [0.25, 0.3) is 11.3 Å². The Morgan fingerprint density at radius 1 is 0.921 bits per heavy atom. The van der Waals surface area contributed by atoms with Crippen molar-refractivity contribution in [2.75, 3.05) is 49.7 Å². The third kappa shape index (κ3) is 4.57. The molecule has 0 amide bonds. The van der Waals surface area contributed by atoms with Crippen LogP contribution in [0.15, 0.2) is 53.3 Å². The first kappa shape index (κ1) is 23.8. The van der Waals surface area contributed by atoms with Gasteiger partial charge in [0.1, 0.15) is 11.5 Å². The number of hydrogen-bond donors (Lipinski definition) is 2. The van der Waals surface area contributed by atoms with Gasteiger partial charge in [-0.3, -0.25) is 4.79 Å². The Morgan fingerprint density at radius 3 is 2.55 bits per heavy atom. The zero-order valence-electron chi connectivity index (χ0n) is 21.5. The molecule has 3 aromatic rings. The van der Waals surface area contributed by atoms with Gasteiger partial charge >= 0.3 is 0 Å². The third-order valence-corrected chi connectivity index (χ3v) is 8.18. The summed E-state index contributed by atoms with van der Waals surface area (Å²) in [6.07, 6.45) is 4.70. The van der Waals surface area contributed by atoms with Gasteiger partial charge in [-0.1, -0.05) is 12.1 Å². The molecular formula is C30H33N3O5. The number of para-hydroxylation sites is 1. The third-order valence-electron chi connectivity index (χ3n) is 8.18. The van der Waals surface area contributed by atoms with Crippen molar-refractivity contribution in [3.63, 3.8) is 0 Å². The Bertz CT molecular complexity index is 1380. The van der Waals surface area contributed by atoms with Crippen molar-refractivity contribution in [1.82, 2.24) is 4.98 Å². The van der Waals surface area contributed by atoms with Crippen molar-refractivity contribution >= 4 is 11.4 Å². The molecule has 4 aliphatic rings. The van der Waals surface area contributed by atoms with Crippen molar-refractivity contribution < 1.29 is 18.9 Å². The molecule has 3 fully saturated rings. The summed E-state index contributed by atoms with van der Waals surface area (Å²) in [5, 5.41) is 3.72. The molecule has 0 atom stereocenters. The fourth-order valence-electron chi connectivity index (χ4n) is 6.18. The van der Waals surface area contributed by atoms with Gasteiger partial charge in [-0.25, -0.2) is 0 Å². The van der Waals surface area contributed by atoms with Gasteiger partial charge in [-0.2, -0.15) is 0 Å². The molecule has 2 saturated heterocycles. The number of H-pyrrole nitrogens is 1. The van der Waals surface area contributed by atoms with Gasteiger partial charge < -0.3 is 34.1 Å². The molecular weight excluding hydrogens is 482 g/mol. The van der Waals surface area contributed by atoms with E-state index < -0.39 is 0 Å². The molecule has 1 saturated carbocycles. The molecule has 198 valence electrons. The lowest BCUT2D eigenvalue weighted by atomic mass is 9.89. The number of hydrogen-bond acceptors (Lipinski definition) is 7. The van der Waals surface area contributed by atoms with E-state index in [1.807, 2.05) is 18.2 Å². The van der Waals surface area contributed by atoms with Crippen LogP contribution in [0, 0.1) is 0 Å². The first-order valence-electron chi connectivity index (χ1n) is 13.7. The zero-order chi connectivity index (χ0) is 25.5. The van der Waals surface area contributed by atoms with Gasteiger partial charge in [-0.15, -0.1) is 0 Å². The van der Waals surface area contributed by atoms with Crippen molar-refractivity contribution in [2.45, 2.75) is 43.9 Å². The number of benzene rings is 2. The lowest BCUT2D eigenvalue weighted by molar-refractivity contribution is -0.177. The van der Waals surface area contributed by atoms with E-state index in [0.29, 0.717) is 32.5 Å². The van der Waals surface area contributed by atoms with Crippen LogP contribution in [-0.4, -0.2) is 56.3 Å². The van der Waals surface area contributed by atoms with E-state index in [-0.39, 0.29) is 11.3 Å². The largest absolute Gasteiger partial charge is 0.456 e. The predicted octanol–water partition coefficient (Wildman–Crippen LogP) is 4.67. The van der Waals surface area contributed by atoms with Crippen LogP contribution in [0.5, 0.6) is 11.5 Å². The maximum absolute atomic E-state index is 12.6. The van der Waals surface area contributed by atoms with Crippen LogP contribution in [0.1, 0.15) is 36.8 Å². The number of morpholine rings is 1. The van der Waals surface area contributed by atoms with E-state index in [0.717, 1.165) is 90.5 Å². The number of aromatic nitrogens is 1. The first-order chi connectivity index (χ1) is 18.6. The zero-order valence-corrected chi connectivity index (χ0v) is 21.5. The van der Waals surface area contributed by atoms with Gasteiger partial charge in [-0.05, 0) is 48.7 Å². The minimum absolute atomic E-state index is 0.117. The van der Waals surface area contributed by atoms with E-state index in [9.17, 15) is 4.79 Å². The second-order valence-electron chi connectivity index (χ2n) is 10.6. The molecule has 8 nitrogen and oxygen atoms in total. The average Bonchev–Trinajstić information content (AvgIpc) is 3.41. The van der Waals surface area contributed by atoms with Crippen LogP contribution in [-0.2, 0) is 20.6 Å². The van der Waals surface area contributed by atoms with Crippen LogP contribution >= 0.6 is 0 Å². The average molecular weight is 516 g/mol.